The monoisotopic (exact) mass is 471 g/mol. The second-order valence-electron chi connectivity index (χ2n) is 7.42. The molecule has 1 atom stereocenters. The molecule has 168 valence electrons. The van der Waals surface area contributed by atoms with Crippen molar-refractivity contribution in [3.05, 3.63) is 114 Å². The maximum Gasteiger partial charge on any atom is 0.0461 e. The molecule has 1 N–H and O–H groups in total. The third kappa shape index (κ3) is 6.50. The number of aliphatic hydroxyl groups excluding tert-OH is 1. The van der Waals surface area contributed by atoms with Gasteiger partial charge in [0.2, 0.25) is 0 Å². The van der Waals surface area contributed by atoms with E-state index in [1.807, 2.05) is 30.3 Å². The Morgan fingerprint density at radius 3 is 1.68 bits per heavy atom. The molecule has 0 radical (unpaired) electrons. The second-order valence-corrected chi connectivity index (χ2v) is 9.60. The van der Waals surface area contributed by atoms with Crippen LogP contribution in [0.2, 0.25) is 0 Å². The molecule has 4 heteroatoms. The van der Waals surface area contributed by atoms with Crippen LogP contribution in [0.4, 0.5) is 0 Å². The molecule has 4 rings (SSSR count). The normalized spacial score (nSPS) is 11.5. The van der Waals surface area contributed by atoms with Gasteiger partial charge in [0, 0.05) is 23.7 Å². The predicted molar refractivity (Wildman–Crippen MR) is 131 cm³/mol. The number of nitrogens with zero attached hydrogens (tertiary/aromatic N) is 1. The van der Waals surface area contributed by atoms with Crippen molar-refractivity contribution in [2.45, 2.75) is 19.6 Å². The zero-order valence-corrected chi connectivity index (χ0v) is 20.3. The predicted octanol–water partition coefficient (Wildman–Crippen LogP) is 4.68. The average molecular weight is 471 g/mol. The summed E-state index contributed by atoms with van der Waals surface area (Å²) in [5, 5.41) is 14.0. The summed E-state index contributed by atoms with van der Waals surface area (Å²) in [7, 11) is 3.48. The van der Waals surface area contributed by atoms with E-state index >= 15 is 0 Å². The summed E-state index contributed by atoms with van der Waals surface area (Å²) in [5.41, 5.74) is 2.31. The van der Waals surface area contributed by atoms with Crippen molar-refractivity contribution in [1.82, 2.24) is 4.90 Å². The molecule has 1 unspecified atom stereocenters. The Hall–Kier alpha value is -1.99. The Morgan fingerprint density at radius 2 is 1.29 bits per heavy atom. The molecule has 31 heavy (non-hydrogen) atoms. The maximum atomic E-state index is 10.2. The van der Waals surface area contributed by atoms with Gasteiger partial charge < -0.3 is 40.3 Å². The molecule has 2 nitrogen and oxygen atoms in total. The van der Waals surface area contributed by atoms with Crippen molar-refractivity contribution >= 4 is 23.8 Å². The average Bonchev–Trinajstić information content (AvgIpc) is 3.48. The molecule has 0 heterocycles. The quantitative estimate of drug-likeness (QED) is 0.251. The van der Waals surface area contributed by atoms with Gasteiger partial charge in [0.1, 0.15) is 0 Å². The summed E-state index contributed by atoms with van der Waals surface area (Å²) in [6.45, 7) is 2.26. The van der Waals surface area contributed by atoms with Crippen LogP contribution >= 0.6 is 7.92 Å². The number of hydrogen-bond donors (Lipinski definition) is 1. The Balaban J connectivity index is 0.000000501. The second kappa shape index (κ2) is 12.8. The van der Waals surface area contributed by atoms with E-state index in [4.69, 9.17) is 0 Å². The van der Waals surface area contributed by atoms with Gasteiger partial charge in [-0.15, -0.1) is 11.1 Å². The fraction of sp³-hybridized carbons (Fsp3) is 0.185. The molecule has 4 aromatic carbocycles. The molecule has 0 aromatic heterocycles. The molecular formula is C27H30FeNOP-6. The summed E-state index contributed by atoms with van der Waals surface area (Å²) in [6.07, 6.45) is 0. The van der Waals surface area contributed by atoms with Crippen molar-refractivity contribution in [3.63, 3.8) is 0 Å². The number of aliphatic hydroxyl groups is 1. The Morgan fingerprint density at radius 1 is 0.839 bits per heavy atom. The SMILES string of the molecule is CC([c-]1ccc(P(c2ccccc2)c2ccccc2)c1CO)N(C)C.[Fe].[cH-]1[cH-][cH-][cH-][cH-]1. The molecule has 0 bridgehead atoms. The van der Waals surface area contributed by atoms with E-state index < -0.39 is 7.92 Å². The molecule has 0 saturated heterocycles. The van der Waals surface area contributed by atoms with E-state index in [9.17, 15) is 5.11 Å². The van der Waals surface area contributed by atoms with E-state index in [0.29, 0.717) is 0 Å². The molecule has 0 amide bonds. The van der Waals surface area contributed by atoms with E-state index in [2.05, 4.69) is 98.7 Å². The van der Waals surface area contributed by atoms with Crippen LogP contribution in [0.5, 0.6) is 0 Å². The van der Waals surface area contributed by atoms with Crippen molar-refractivity contribution in [2.75, 3.05) is 14.1 Å². The first kappa shape index (κ1) is 25.3. The van der Waals surface area contributed by atoms with Crippen LogP contribution in [0.3, 0.4) is 0 Å². The first-order valence-electron chi connectivity index (χ1n) is 10.3. The minimum Gasteiger partial charge on any atom is -0.748 e. The summed E-state index contributed by atoms with van der Waals surface area (Å²) in [5.74, 6) is 0. The van der Waals surface area contributed by atoms with Crippen LogP contribution in [0, 0.1) is 0 Å². The maximum absolute atomic E-state index is 10.2. The Bertz CT molecular complexity index is 924. The minimum absolute atomic E-state index is 0. The summed E-state index contributed by atoms with van der Waals surface area (Å²) in [6, 6.07) is 36.0. The largest absolute Gasteiger partial charge is 0.748 e. The molecule has 0 aliphatic carbocycles. The Labute approximate surface area is 198 Å². The minimum atomic E-state index is -0.674. The zero-order chi connectivity index (χ0) is 21.3. The fourth-order valence-corrected chi connectivity index (χ4v) is 5.96. The van der Waals surface area contributed by atoms with Crippen molar-refractivity contribution < 1.29 is 22.2 Å². The molecule has 0 saturated carbocycles. The third-order valence-corrected chi connectivity index (χ3v) is 7.82. The van der Waals surface area contributed by atoms with Crippen LogP contribution in [0.15, 0.2) is 103 Å². The summed E-state index contributed by atoms with van der Waals surface area (Å²) in [4.78, 5) is 2.19. The summed E-state index contributed by atoms with van der Waals surface area (Å²) >= 11 is 0. The molecule has 4 aromatic rings. The van der Waals surface area contributed by atoms with Gasteiger partial charge in [-0.05, 0) is 30.7 Å². The van der Waals surface area contributed by atoms with E-state index in [-0.39, 0.29) is 29.7 Å². The van der Waals surface area contributed by atoms with Crippen LogP contribution in [0.1, 0.15) is 24.1 Å². The van der Waals surface area contributed by atoms with Crippen molar-refractivity contribution in [3.8, 4) is 0 Å². The fourth-order valence-electron chi connectivity index (χ4n) is 3.47. The van der Waals surface area contributed by atoms with Gasteiger partial charge in [0.05, 0.1) is 0 Å². The van der Waals surface area contributed by atoms with Crippen LogP contribution < -0.4 is 15.9 Å². The summed E-state index contributed by atoms with van der Waals surface area (Å²) < 4.78 is 0. The van der Waals surface area contributed by atoms with Crippen molar-refractivity contribution in [1.29, 1.82) is 0 Å². The number of hydrogen-bond acceptors (Lipinski definition) is 2. The van der Waals surface area contributed by atoms with Gasteiger partial charge in [-0.1, -0.05) is 75.5 Å². The van der Waals surface area contributed by atoms with Gasteiger partial charge in [-0.3, -0.25) is 0 Å². The molecule has 0 aliphatic rings. The van der Waals surface area contributed by atoms with Gasteiger partial charge in [0.25, 0.3) is 0 Å². The topological polar surface area (TPSA) is 23.5 Å². The molecule has 0 aliphatic heterocycles. The van der Waals surface area contributed by atoms with Gasteiger partial charge in [0.15, 0.2) is 0 Å². The van der Waals surface area contributed by atoms with Crippen LogP contribution in [0.25, 0.3) is 0 Å². The Kier molecular flexibility index (Phi) is 10.4. The van der Waals surface area contributed by atoms with E-state index in [1.165, 1.54) is 21.5 Å². The van der Waals surface area contributed by atoms with Gasteiger partial charge in [-0.2, -0.15) is 11.4 Å². The van der Waals surface area contributed by atoms with E-state index in [0.717, 1.165) is 5.56 Å². The molecule has 0 spiro atoms. The first-order chi connectivity index (χ1) is 14.6. The van der Waals surface area contributed by atoms with Gasteiger partial charge >= 0.3 is 0 Å². The molecular weight excluding hydrogens is 441 g/mol. The first-order valence-corrected chi connectivity index (χ1v) is 11.6. The van der Waals surface area contributed by atoms with Crippen LogP contribution in [-0.4, -0.2) is 24.1 Å². The zero-order valence-electron chi connectivity index (χ0n) is 18.3. The third-order valence-electron chi connectivity index (χ3n) is 5.29. The molecule has 0 fully saturated rings. The smallest absolute Gasteiger partial charge is 0.0461 e. The number of benzene rings is 2. The standard InChI is InChI=1S/C22H25NOP.C5H5.Fe/c1-17(23(2)3)20-14-15-22(21(20)16-24)25(18-10-6-4-7-11-18)19-12-8-5-9-13-19;1-2-4-5-3-1;/h4-15,17,24H,16H2,1-3H3;1-5H;/q-1;-5;. The van der Waals surface area contributed by atoms with Crippen molar-refractivity contribution in [2.24, 2.45) is 0 Å². The van der Waals surface area contributed by atoms with Gasteiger partial charge in [-0.25, -0.2) is 6.07 Å². The number of rotatable bonds is 6. The van der Waals surface area contributed by atoms with E-state index in [1.54, 1.807) is 0 Å². The van der Waals surface area contributed by atoms with Crippen LogP contribution in [-0.2, 0) is 23.7 Å².